The summed E-state index contributed by atoms with van der Waals surface area (Å²) in [5.41, 5.74) is 0. The minimum Gasteiger partial charge on any atom is -0.147 e. The Hall–Kier alpha value is 0.290. The molecule has 0 aromatic heterocycles. The van der Waals surface area contributed by atoms with Crippen LogP contribution in [-0.4, -0.2) is 0 Å². The Morgan fingerprint density at radius 3 is 1.33 bits per heavy atom. The van der Waals surface area contributed by atoms with Gasteiger partial charge in [-0.05, 0) is 11.8 Å². The van der Waals surface area contributed by atoms with Crippen molar-refractivity contribution >= 4 is 12.4 Å². The molecule has 0 N–H and O–H groups in total. The standard InChI is InChI=1S/C8H14.ClH/c1-3-7-5-2-6-8(7)4-1;/h7-8H,1-6H2;1H. The normalized spacial score (nSPS) is 40.0. The van der Waals surface area contributed by atoms with Crippen LogP contribution in [0.4, 0.5) is 0 Å². The third-order valence-electron chi connectivity index (χ3n) is 2.97. The lowest BCUT2D eigenvalue weighted by Crippen LogP contribution is -1.95. The molecule has 9 heavy (non-hydrogen) atoms. The van der Waals surface area contributed by atoms with Gasteiger partial charge < -0.3 is 0 Å². The Labute approximate surface area is 63.4 Å². The molecule has 0 amide bonds. The Bertz CT molecular complexity index is 70.6. The van der Waals surface area contributed by atoms with Crippen LogP contribution in [0, 0.1) is 11.8 Å². The van der Waals surface area contributed by atoms with E-state index in [-0.39, 0.29) is 12.4 Å². The highest BCUT2D eigenvalue weighted by atomic mass is 35.5. The molecular weight excluding hydrogens is 132 g/mol. The molecule has 0 atom stereocenters. The zero-order valence-electron chi connectivity index (χ0n) is 5.81. The lowest BCUT2D eigenvalue weighted by atomic mass is 10.0. The molecule has 0 saturated heterocycles. The monoisotopic (exact) mass is 146 g/mol. The highest BCUT2D eigenvalue weighted by molar-refractivity contribution is 5.85. The molecule has 1 heteroatoms. The molecule has 54 valence electrons. The van der Waals surface area contributed by atoms with E-state index in [0.717, 1.165) is 0 Å². The van der Waals surface area contributed by atoms with Gasteiger partial charge in [-0.3, -0.25) is 0 Å². The van der Waals surface area contributed by atoms with Crippen molar-refractivity contribution in [3.8, 4) is 0 Å². The second kappa shape index (κ2) is 2.92. The molecule has 0 aliphatic heterocycles. The van der Waals surface area contributed by atoms with Crippen molar-refractivity contribution in [1.82, 2.24) is 0 Å². The maximum atomic E-state index is 1.56. The van der Waals surface area contributed by atoms with Crippen molar-refractivity contribution in [3.05, 3.63) is 0 Å². The number of rotatable bonds is 0. The fraction of sp³-hybridized carbons (Fsp3) is 1.00. The van der Waals surface area contributed by atoms with Gasteiger partial charge in [-0.1, -0.05) is 38.5 Å². The molecule has 0 aromatic carbocycles. The van der Waals surface area contributed by atoms with E-state index in [9.17, 15) is 0 Å². The van der Waals surface area contributed by atoms with Crippen molar-refractivity contribution in [3.63, 3.8) is 0 Å². The predicted molar refractivity (Wildman–Crippen MR) is 41.9 cm³/mol. The van der Waals surface area contributed by atoms with Gasteiger partial charge in [-0.15, -0.1) is 12.4 Å². The van der Waals surface area contributed by atoms with E-state index in [2.05, 4.69) is 0 Å². The van der Waals surface area contributed by atoms with Crippen LogP contribution in [0.5, 0.6) is 0 Å². The van der Waals surface area contributed by atoms with Crippen LogP contribution < -0.4 is 0 Å². The van der Waals surface area contributed by atoms with E-state index in [4.69, 9.17) is 0 Å². The zero-order valence-corrected chi connectivity index (χ0v) is 6.62. The van der Waals surface area contributed by atoms with Crippen LogP contribution in [-0.2, 0) is 0 Å². The summed E-state index contributed by atoms with van der Waals surface area (Å²) in [4.78, 5) is 0. The van der Waals surface area contributed by atoms with Crippen molar-refractivity contribution in [2.45, 2.75) is 38.5 Å². The first-order chi connectivity index (χ1) is 3.97. The summed E-state index contributed by atoms with van der Waals surface area (Å²) in [6.07, 6.45) is 9.31. The van der Waals surface area contributed by atoms with E-state index in [1.165, 1.54) is 24.7 Å². The summed E-state index contributed by atoms with van der Waals surface area (Å²) in [6.45, 7) is 0. The quantitative estimate of drug-likeness (QED) is 0.493. The van der Waals surface area contributed by atoms with Crippen LogP contribution in [0.15, 0.2) is 0 Å². The van der Waals surface area contributed by atoms with Crippen LogP contribution in [0.3, 0.4) is 0 Å². The first kappa shape index (κ1) is 7.40. The van der Waals surface area contributed by atoms with E-state index < -0.39 is 0 Å². The molecule has 0 radical (unpaired) electrons. The second-order valence-electron chi connectivity index (χ2n) is 3.38. The molecule has 2 rings (SSSR count). The third kappa shape index (κ3) is 1.24. The van der Waals surface area contributed by atoms with Crippen LogP contribution in [0.2, 0.25) is 0 Å². The highest BCUT2D eigenvalue weighted by Crippen LogP contribution is 2.43. The third-order valence-corrected chi connectivity index (χ3v) is 2.97. The molecule has 2 aliphatic rings. The minimum absolute atomic E-state index is 0. The number of halogens is 1. The van der Waals surface area contributed by atoms with Crippen molar-refractivity contribution < 1.29 is 0 Å². The predicted octanol–water partition coefficient (Wildman–Crippen LogP) is 3.01. The van der Waals surface area contributed by atoms with Gasteiger partial charge in [-0.2, -0.15) is 0 Å². The Kier molecular flexibility index (Phi) is 2.40. The first-order valence-electron chi connectivity index (χ1n) is 3.97. The summed E-state index contributed by atoms with van der Waals surface area (Å²) < 4.78 is 0. The van der Waals surface area contributed by atoms with E-state index in [1.54, 1.807) is 25.7 Å². The van der Waals surface area contributed by atoms with Gasteiger partial charge in [0.25, 0.3) is 0 Å². The van der Waals surface area contributed by atoms with Gasteiger partial charge >= 0.3 is 0 Å². The fourth-order valence-corrected chi connectivity index (χ4v) is 2.52. The molecule has 0 nitrogen and oxygen atoms in total. The molecule has 2 aliphatic carbocycles. The maximum absolute atomic E-state index is 1.56. The summed E-state index contributed by atoms with van der Waals surface area (Å²) >= 11 is 0. The van der Waals surface area contributed by atoms with E-state index in [0.29, 0.717) is 0 Å². The second-order valence-corrected chi connectivity index (χ2v) is 3.38. The van der Waals surface area contributed by atoms with Gasteiger partial charge in [0.1, 0.15) is 0 Å². The van der Waals surface area contributed by atoms with Crippen LogP contribution >= 0.6 is 12.4 Å². The SMILES string of the molecule is C1CC2CCCC2C1.Cl. The molecule has 0 unspecified atom stereocenters. The summed E-state index contributed by atoms with van der Waals surface area (Å²) in [7, 11) is 0. The van der Waals surface area contributed by atoms with E-state index >= 15 is 0 Å². The van der Waals surface area contributed by atoms with Crippen molar-refractivity contribution in [2.75, 3.05) is 0 Å². The lowest BCUT2D eigenvalue weighted by molar-refractivity contribution is 0.457. The Morgan fingerprint density at radius 1 is 0.667 bits per heavy atom. The molecule has 0 spiro atoms. The fourth-order valence-electron chi connectivity index (χ4n) is 2.52. The summed E-state index contributed by atoms with van der Waals surface area (Å²) in [5.74, 6) is 2.35. The molecule has 0 aromatic rings. The smallest absolute Gasteiger partial charge is 0.0386 e. The molecular formula is C8H15Cl. The molecule has 2 fully saturated rings. The minimum atomic E-state index is 0. The highest BCUT2D eigenvalue weighted by Gasteiger charge is 2.30. The van der Waals surface area contributed by atoms with Gasteiger partial charge in [-0.25, -0.2) is 0 Å². The van der Waals surface area contributed by atoms with Gasteiger partial charge in [0.05, 0.1) is 0 Å². The average Bonchev–Trinajstić information content (AvgIpc) is 2.15. The van der Waals surface area contributed by atoms with Crippen molar-refractivity contribution in [2.24, 2.45) is 11.8 Å². The van der Waals surface area contributed by atoms with Crippen LogP contribution in [0.1, 0.15) is 38.5 Å². The van der Waals surface area contributed by atoms with Crippen molar-refractivity contribution in [1.29, 1.82) is 0 Å². The summed E-state index contributed by atoms with van der Waals surface area (Å²) in [5, 5.41) is 0. The number of hydrogen-bond acceptors (Lipinski definition) is 0. The topological polar surface area (TPSA) is 0 Å². The number of fused-ring (bicyclic) bond motifs is 1. The zero-order chi connectivity index (χ0) is 5.40. The average molecular weight is 147 g/mol. The van der Waals surface area contributed by atoms with Gasteiger partial charge in [0.2, 0.25) is 0 Å². The maximum Gasteiger partial charge on any atom is -0.0386 e. The lowest BCUT2D eigenvalue weighted by Gasteiger charge is -2.04. The number of hydrogen-bond donors (Lipinski definition) is 0. The van der Waals surface area contributed by atoms with E-state index in [1.807, 2.05) is 0 Å². The largest absolute Gasteiger partial charge is 0.147 e. The van der Waals surface area contributed by atoms with Crippen LogP contribution in [0.25, 0.3) is 0 Å². The Morgan fingerprint density at radius 2 is 1.00 bits per heavy atom. The first-order valence-corrected chi connectivity index (χ1v) is 3.97. The van der Waals surface area contributed by atoms with Gasteiger partial charge in [0.15, 0.2) is 0 Å². The summed E-state index contributed by atoms with van der Waals surface area (Å²) in [6, 6.07) is 0. The molecule has 0 bridgehead atoms. The molecule has 2 saturated carbocycles. The molecule has 0 heterocycles. The Balaban J connectivity index is 0.000000405. The van der Waals surface area contributed by atoms with Gasteiger partial charge in [0, 0.05) is 0 Å².